The van der Waals surface area contributed by atoms with Gasteiger partial charge in [0.05, 0.1) is 30.1 Å². The Morgan fingerprint density at radius 3 is 2.62 bits per heavy atom. The largest absolute Gasteiger partial charge is 0.480 e. The van der Waals surface area contributed by atoms with E-state index in [1.165, 1.54) is 0 Å². The second-order valence-electron chi connectivity index (χ2n) is 9.91. The summed E-state index contributed by atoms with van der Waals surface area (Å²) in [4.78, 5) is 49.4. The Bertz CT molecular complexity index is 1520. The molecule has 2 aliphatic heterocycles. The monoisotopic (exact) mass is 498 g/mol. The van der Waals surface area contributed by atoms with E-state index in [4.69, 9.17) is 4.42 Å². The molecule has 9 nitrogen and oxygen atoms in total. The normalized spacial score (nSPS) is 25.2. The summed E-state index contributed by atoms with van der Waals surface area (Å²) >= 11 is 0. The smallest absolute Gasteiger partial charge is 0.325 e. The van der Waals surface area contributed by atoms with E-state index in [0.717, 1.165) is 26.9 Å². The number of para-hydroxylation sites is 1. The molecular weight excluding hydrogens is 472 g/mol. The molecule has 2 aliphatic rings. The van der Waals surface area contributed by atoms with Gasteiger partial charge in [0.2, 0.25) is 11.8 Å². The van der Waals surface area contributed by atoms with Crippen LogP contribution in [0.5, 0.6) is 0 Å². The summed E-state index contributed by atoms with van der Waals surface area (Å²) in [5.74, 6) is -3.04. The van der Waals surface area contributed by atoms with Crippen molar-refractivity contribution in [3.8, 4) is 0 Å². The summed E-state index contributed by atoms with van der Waals surface area (Å²) in [6.07, 6.45) is 3.38. The van der Waals surface area contributed by atoms with Crippen molar-refractivity contribution in [1.82, 2.24) is 20.2 Å². The number of carbonyl (C=O) groups excluding carboxylic acids is 2. The Labute approximate surface area is 212 Å². The van der Waals surface area contributed by atoms with Gasteiger partial charge in [0.15, 0.2) is 0 Å². The van der Waals surface area contributed by atoms with Crippen LogP contribution in [-0.4, -0.2) is 43.3 Å². The molecule has 37 heavy (non-hydrogen) atoms. The lowest BCUT2D eigenvalue weighted by Crippen LogP contribution is -2.57. The molecule has 2 amide bonds. The molecular formula is C28H26N4O5. The molecule has 5 heterocycles. The maximum Gasteiger partial charge on any atom is 0.325 e. The Kier molecular flexibility index (Phi) is 5.27. The number of benzene rings is 1. The number of fused-ring (bicyclic) bond motifs is 2. The van der Waals surface area contributed by atoms with Crippen molar-refractivity contribution in [2.75, 3.05) is 0 Å². The fourth-order valence-electron chi connectivity index (χ4n) is 5.88. The highest BCUT2D eigenvalue weighted by molar-refractivity contribution is 6.09. The number of nitrogens with one attached hydrogen (secondary N) is 2. The summed E-state index contributed by atoms with van der Waals surface area (Å²) in [5.41, 5.74) is 1.34. The standard InChI is InChI=1S/C28H26N4O5/c1-15-11-21(37-16(15)2)24-22-23(26(34)32(25(22)33)14-18-7-5-6-10-29-18)28(31-24,27(35)36)12-17-13-30-20-9-4-3-8-19(17)20/h3-11,13,22-24,30-31H,12,14H2,1-2H3,(H,35,36). The van der Waals surface area contributed by atoms with Gasteiger partial charge in [0, 0.05) is 29.7 Å². The number of H-pyrrole nitrogens is 1. The van der Waals surface area contributed by atoms with Crippen molar-refractivity contribution >= 4 is 28.7 Å². The van der Waals surface area contributed by atoms with Gasteiger partial charge >= 0.3 is 5.97 Å². The number of rotatable bonds is 6. The van der Waals surface area contributed by atoms with Crippen molar-refractivity contribution < 1.29 is 23.9 Å². The minimum absolute atomic E-state index is 0.0130. The highest BCUT2D eigenvalue weighted by Gasteiger charge is 2.69. The number of aliphatic carboxylic acids is 1. The first kappa shape index (κ1) is 23.2. The molecule has 0 bridgehead atoms. The molecule has 0 aliphatic carbocycles. The van der Waals surface area contributed by atoms with Crippen LogP contribution in [0.15, 0.2) is 65.3 Å². The molecule has 1 aromatic carbocycles. The van der Waals surface area contributed by atoms with E-state index in [0.29, 0.717) is 17.2 Å². The van der Waals surface area contributed by atoms with Gasteiger partial charge in [-0.05, 0) is 49.2 Å². The molecule has 4 atom stereocenters. The number of carboxylic acids is 1. The van der Waals surface area contributed by atoms with Crippen LogP contribution < -0.4 is 5.32 Å². The van der Waals surface area contributed by atoms with E-state index in [1.54, 1.807) is 30.6 Å². The number of imide groups is 1. The maximum atomic E-state index is 13.9. The summed E-state index contributed by atoms with van der Waals surface area (Å²) in [7, 11) is 0. The van der Waals surface area contributed by atoms with E-state index in [9.17, 15) is 19.5 Å². The van der Waals surface area contributed by atoms with E-state index >= 15 is 0 Å². The number of furan rings is 1. The third kappa shape index (κ3) is 3.49. The van der Waals surface area contributed by atoms with Crippen molar-refractivity contribution in [1.29, 1.82) is 0 Å². The minimum Gasteiger partial charge on any atom is -0.480 e. The van der Waals surface area contributed by atoms with Gasteiger partial charge in [0.1, 0.15) is 17.1 Å². The quantitative estimate of drug-likeness (QED) is 0.348. The molecule has 3 N–H and O–H groups in total. The minimum atomic E-state index is -1.72. The Balaban J connectivity index is 1.47. The third-order valence-electron chi connectivity index (χ3n) is 7.81. The van der Waals surface area contributed by atoms with Crippen LogP contribution >= 0.6 is 0 Å². The topological polar surface area (TPSA) is 129 Å². The number of pyridine rings is 1. The van der Waals surface area contributed by atoms with Gasteiger partial charge in [-0.25, -0.2) is 0 Å². The third-order valence-corrected chi connectivity index (χ3v) is 7.81. The van der Waals surface area contributed by atoms with Crippen LogP contribution in [0.2, 0.25) is 0 Å². The lowest BCUT2D eigenvalue weighted by molar-refractivity contribution is -0.151. The van der Waals surface area contributed by atoms with Gasteiger partial charge in [-0.15, -0.1) is 0 Å². The van der Waals surface area contributed by atoms with Crippen LogP contribution in [0, 0.1) is 25.7 Å². The van der Waals surface area contributed by atoms with Crippen LogP contribution in [0.1, 0.15) is 34.4 Å². The average Bonchev–Trinajstić information content (AvgIpc) is 3.61. The van der Waals surface area contributed by atoms with Crippen molar-refractivity contribution in [2.24, 2.45) is 11.8 Å². The first-order chi connectivity index (χ1) is 17.8. The molecule has 4 unspecified atom stereocenters. The summed E-state index contributed by atoms with van der Waals surface area (Å²) in [6.45, 7) is 3.69. The molecule has 0 saturated carbocycles. The van der Waals surface area contributed by atoms with E-state index in [1.807, 2.05) is 44.2 Å². The second kappa shape index (κ2) is 8.41. The fourth-order valence-corrected chi connectivity index (χ4v) is 5.88. The highest BCUT2D eigenvalue weighted by Crippen LogP contribution is 2.51. The number of aromatic amines is 1. The lowest BCUT2D eigenvalue weighted by atomic mass is 9.76. The SMILES string of the molecule is Cc1cc(C2NC(Cc3c[nH]c4ccccc34)(C(=O)O)C3C(=O)N(Cc4ccccn4)C(=O)C23)oc1C. The molecule has 9 heteroatoms. The Morgan fingerprint density at radius 2 is 1.92 bits per heavy atom. The molecule has 2 fully saturated rings. The highest BCUT2D eigenvalue weighted by atomic mass is 16.4. The Morgan fingerprint density at radius 1 is 1.14 bits per heavy atom. The second-order valence-corrected chi connectivity index (χ2v) is 9.91. The van der Waals surface area contributed by atoms with Gasteiger partial charge in [-0.3, -0.25) is 29.6 Å². The number of carboxylic acid groups (broad SMARTS) is 1. The molecule has 3 aromatic heterocycles. The van der Waals surface area contributed by atoms with Crippen molar-refractivity contribution in [3.05, 3.63) is 89.3 Å². The van der Waals surface area contributed by atoms with E-state index in [-0.39, 0.29) is 13.0 Å². The number of likely N-dealkylation sites (tertiary alicyclic amines) is 1. The van der Waals surface area contributed by atoms with Crippen LogP contribution in [0.25, 0.3) is 10.9 Å². The molecule has 2 saturated heterocycles. The summed E-state index contributed by atoms with van der Waals surface area (Å²) in [5, 5.41) is 14.8. The predicted octanol–water partition coefficient (Wildman–Crippen LogP) is 3.28. The summed E-state index contributed by atoms with van der Waals surface area (Å²) in [6, 6.07) is 13.9. The first-order valence-corrected chi connectivity index (χ1v) is 12.2. The van der Waals surface area contributed by atoms with Crippen LogP contribution in [-0.2, 0) is 27.3 Å². The molecule has 6 rings (SSSR count). The molecule has 0 radical (unpaired) electrons. The molecule has 4 aromatic rings. The van der Waals surface area contributed by atoms with Crippen LogP contribution in [0.4, 0.5) is 0 Å². The fraction of sp³-hybridized carbons (Fsp3) is 0.286. The molecule has 0 spiro atoms. The number of amides is 2. The van der Waals surface area contributed by atoms with Gasteiger partial charge in [-0.2, -0.15) is 0 Å². The van der Waals surface area contributed by atoms with Crippen molar-refractivity contribution in [3.63, 3.8) is 0 Å². The number of aryl methyl sites for hydroxylation is 2. The number of carbonyl (C=O) groups is 3. The predicted molar refractivity (Wildman–Crippen MR) is 133 cm³/mol. The average molecular weight is 499 g/mol. The Hall–Kier alpha value is -4.24. The zero-order chi connectivity index (χ0) is 25.9. The zero-order valence-electron chi connectivity index (χ0n) is 20.4. The zero-order valence-corrected chi connectivity index (χ0v) is 20.4. The van der Waals surface area contributed by atoms with E-state index in [2.05, 4.69) is 15.3 Å². The van der Waals surface area contributed by atoms with Gasteiger partial charge in [0.25, 0.3) is 0 Å². The number of nitrogens with zero attached hydrogens (tertiary/aromatic N) is 2. The van der Waals surface area contributed by atoms with Crippen LogP contribution in [0.3, 0.4) is 0 Å². The maximum absolute atomic E-state index is 13.9. The first-order valence-electron chi connectivity index (χ1n) is 12.2. The van der Waals surface area contributed by atoms with Gasteiger partial charge in [-0.1, -0.05) is 24.3 Å². The van der Waals surface area contributed by atoms with Crippen molar-refractivity contribution in [2.45, 2.75) is 38.4 Å². The number of hydrogen-bond acceptors (Lipinski definition) is 6. The molecule has 188 valence electrons. The van der Waals surface area contributed by atoms with E-state index < -0.39 is 41.2 Å². The summed E-state index contributed by atoms with van der Waals surface area (Å²) < 4.78 is 5.97. The number of aromatic nitrogens is 2. The number of hydrogen-bond donors (Lipinski definition) is 3. The van der Waals surface area contributed by atoms with Gasteiger partial charge < -0.3 is 14.5 Å². The lowest BCUT2D eigenvalue weighted by Gasteiger charge is -2.31.